The van der Waals surface area contributed by atoms with Crippen molar-refractivity contribution in [2.45, 2.75) is 13.3 Å². The van der Waals surface area contributed by atoms with Gasteiger partial charge < -0.3 is 10.1 Å². The number of aryl methyl sites for hydroxylation is 1. The van der Waals surface area contributed by atoms with E-state index in [0.29, 0.717) is 33.4 Å². The van der Waals surface area contributed by atoms with Crippen LogP contribution in [0.3, 0.4) is 0 Å². The highest BCUT2D eigenvalue weighted by Crippen LogP contribution is 2.24. The molecule has 0 atom stereocenters. The molecular weight excluding hydrogens is 380 g/mol. The summed E-state index contributed by atoms with van der Waals surface area (Å²) in [7, 11) is 0. The monoisotopic (exact) mass is 392 g/mol. The van der Waals surface area contributed by atoms with E-state index in [4.69, 9.17) is 16.3 Å². The summed E-state index contributed by atoms with van der Waals surface area (Å²) in [6.45, 7) is 1.40. The van der Waals surface area contributed by atoms with Gasteiger partial charge in [-0.1, -0.05) is 23.0 Å². The lowest BCUT2D eigenvalue weighted by Crippen LogP contribution is -2.22. The number of carbonyl (C=O) groups excluding carboxylic acids is 2. The van der Waals surface area contributed by atoms with Gasteiger partial charge >= 0.3 is 5.97 Å². The minimum atomic E-state index is -0.630. The average Bonchev–Trinajstić information content (AvgIpc) is 3.31. The van der Waals surface area contributed by atoms with Gasteiger partial charge in [0.1, 0.15) is 12.7 Å². The van der Waals surface area contributed by atoms with Crippen molar-refractivity contribution in [3.05, 3.63) is 46.4 Å². The number of nitrogens with zero attached hydrogens (tertiary/aromatic N) is 5. The predicted molar refractivity (Wildman–Crippen MR) is 94.6 cm³/mol. The van der Waals surface area contributed by atoms with Gasteiger partial charge in [0.05, 0.1) is 17.1 Å². The third kappa shape index (κ3) is 4.03. The van der Waals surface area contributed by atoms with Crippen LogP contribution in [0.25, 0.3) is 5.69 Å². The molecule has 0 unspecified atom stereocenters. The summed E-state index contributed by atoms with van der Waals surface area (Å²) in [4.78, 5) is 28.4. The van der Waals surface area contributed by atoms with Crippen molar-refractivity contribution < 1.29 is 14.3 Å². The van der Waals surface area contributed by atoms with Crippen LogP contribution in [-0.4, -0.2) is 42.8 Å². The van der Waals surface area contributed by atoms with Gasteiger partial charge in [-0.3, -0.25) is 4.79 Å². The Balaban J connectivity index is 1.67. The van der Waals surface area contributed by atoms with Gasteiger partial charge in [0.15, 0.2) is 11.5 Å². The zero-order valence-electron chi connectivity index (χ0n) is 13.5. The first-order valence-corrected chi connectivity index (χ1v) is 8.66. The van der Waals surface area contributed by atoms with Crippen molar-refractivity contribution in [3.8, 4) is 5.69 Å². The van der Waals surface area contributed by atoms with Crippen molar-refractivity contribution >= 4 is 40.7 Å². The lowest BCUT2D eigenvalue weighted by atomic mass is 10.2. The third-order valence-electron chi connectivity index (χ3n) is 3.31. The number of amides is 1. The fraction of sp³-hybridized carbons (Fsp3) is 0.200. The lowest BCUT2D eigenvalue weighted by molar-refractivity contribution is -0.119. The number of halogens is 1. The van der Waals surface area contributed by atoms with Crippen LogP contribution in [0.15, 0.2) is 30.9 Å². The van der Waals surface area contributed by atoms with Crippen LogP contribution in [0, 0.1) is 0 Å². The van der Waals surface area contributed by atoms with Gasteiger partial charge in [0.25, 0.3) is 5.91 Å². The summed E-state index contributed by atoms with van der Waals surface area (Å²) in [6.07, 6.45) is 3.41. The number of esters is 1. The highest BCUT2D eigenvalue weighted by Gasteiger charge is 2.18. The fourth-order valence-electron chi connectivity index (χ4n) is 2.12. The molecule has 0 bridgehead atoms. The van der Waals surface area contributed by atoms with Gasteiger partial charge in [-0.2, -0.15) is 5.10 Å². The number of hydrogen-bond acceptors (Lipinski definition) is 8. The highest BCUT2D eigenvalue weighted by atomic mass is 35.5. The van der Waals surface area contributed by atoms with Gasteiger partial charge in [0.2, 0.25) is 0 Å². The largest absolute Gasteiger partial charge is 0.451 e. The van der Waals surface area contributed by atoms with Crippen LogP contribution in [0.4, 0.5) is 5.69 Å². The van der Waals surface area contributed by atoms with Crippen LogP contribution in [0.1, 0.15) is 22.3 Å². The van der Waals surface area contributed by atoms with Crippen molar-refractivity contribution in [2.24, 2.45) is 0 Å². The Morgan fingerprint density at radius 1 is 1.38 bits per heavy atom. The molecule has 3 rings (SSSR count). The van der Waals surface area contributed by atoms with Gasteiger partial charge in [-0.25, -0.2) is 14.5 Å². The van der Waals surface area contributed by atoms with E-state index in [1.807, 2.05) is 6.92 Å². The SMILES string of the molecule is CCc1nnsc1C(=O)OCC(=O)Nc1cc(Cl)ccc1-n1cncn1. The normalized spacial score (nSPS) is 10.5. The van der Waals surface area contributed by atoms with E-state index in [1.54, 1.807) is 18.2 Å². The second-order valence-electron chi connectivity index (χ2n) is 5.03. The summed E-state index contributed by atoms with van der Waals surface area (Å²) in [5.41, 5.74) is 1.54. The molecule has 0 saturated heterocycles. The first kappa shape index (κ1) is 18.0. The number of ether oxygens (including phenoxy) is 1. The molecule has 3 aromatic rings. The second-order valence-corrected chi connectivity index (χ2v) is 6.22. The molecule has 0 aliphatic heterocycles. The number of carbonyl (C=O) groups is 2. The van der Waals surface area contributed by atoms with Gasteiger partial charge in [-0.15, -0.1) is 5.10 Å². The molecule has 0 spiro atoms. The molecule has 1 amide bonds. The van der Waals surface area contributed by atoms with E-state index in [-0.39, 0.29) is 0 Å². The number of aromatic nitrogens is 5. The molecule has 0 fully saturated rings. The maximum absolute atomic E-state index is 12.2. The van der Waals surface area contributed by atoms with E-state index in [2.05, 4.69) is 25.0 Å². The van der Waals surface area contributed by atoms with E-state index in [1.165, 1.54) is 17.3 Å². The number of hydrogen-bond donors (Lipinski definition) is 1. The molecule has 1 aromatic carbocycles. The zero-order valence-corrected chi connectivity index (χ0v) is 15.1. The fourth-order valence-corrected chi connectivity index (χ4v) is 2.94. The van der Waals surface area contributed by atoms with Crippen molar-refractivity contribution in [1.82, 2.24) is 24.4 Å². The first-order valence-electron chi connectivity index (χ1n) is 7.51. The first-order chi connectivity index (χ1) is 12.6. The molecule has 2 heterocycles. The van der Waals surface area contributed by atoms with Gasteiger partial charge in [-0.05, 0) is 36.2 Å². The van der Waals surface area contributed by atoms with E-state index in [9.17, 15) is 9.59 Å². The minimum Gasteiger partial charge on any atom is -0.451 e. The Hall–Kier alpha value is -2.85. The van der Waals surface area contributed by atoms with E-state index in [0.717, 1.165) is 11.5 Å². The van der Waals surface area contributed by atoms with E-state index < -0.39 is 18.5 Å². The number of anilines is 1. The smallest absolute Gasteiger partial charge is 0.352 e. The number of nitrogens with one attached hydrogen (secondary N) is 1. The summed E-state index contributed by atoms with van der Waals surface area (Å²) in [5, 5.41) is 10.9. The second kappa shape index (κ2) is 8.02. The zero-order chi connectivity index (χ0) is 18.5. The Morgan fingerprint density at radius 2 is 2.23 bits per heavy atom. The highest BCUT2D eigenvalue weighted by molar-refractivity contribution is 7.07. The molecule has 1 N–H and O–H groups in total. The van der Waals surface area contributed by atoms with Crippen LogP contribution < -0.4 is 5.32 Å². The molecule has 134 valence electrons. The molecule has 0 saturated carbocycles. The molecule has 0 aliphatic rings. The van der Waals surface area contributed by atoms with Crippen molar-refractivity contribution in [1.29, 1.82) is 0 Å². The topological polar surface area (TPSA) is 112 Å². The van der Waals surface area contributed by atoms with E-state index >= 15 is 0 Å². The van der Waals surface area contributed by atoms with Crippen LogP contribution in [0.5, 0.6) is 0 Å². The Kier molecular flexibility index (Phi) is 5.54. The Bertz CT molecular complexity index is 927. The summed E-state index contributed by atoms with van der Waals surface area (Å²) in [5.74, 6) is -1.15. The third-order valence-corrected chi connectivity index (χ3v) is 4.29. The molecule has 2 aromatic heterocycles. The summed E-state index contributed by atoms with van der Waals surface area (Å²) >= 11 is 6.93. The van der Waals surface area contributed by atoms with Gasteiger partial charge in [0, 0.05) is 5.02 Å². The lowest BCUT2D eigenvalue weighted by Gasteiger charge is -2.11. The van der Waals surface area contributed by atoms with Crippen molar-refractivity contribution in [2.75, 3.05) is 11.9 Å². The number of benzene rings is 1. The Labute approximate surface area is 157 Å². The molecule has 9 nitrogen and oxygen atoms in total. The van der Waals surface area contributed by atoms with Crippen LogP contribution in [0.2, 0.25) is 5.02 Å². The minimum absolute atomic E-state index is 0.298. The van der Waals surface area contributed by atoms with Crippen LogP contribution in [-0.2, 0) is 16.0 Å². The quantitative estimate of drug-likeness (QED) is 0.639. The average molecular weight is 393 g/mol. The Morgan fingerprint density at radius 3 is 2.96 bits per heavy atom. The predicted octanol–water partition coefficient (Wildman–Crippen LogP) is 2.13. The van der Waals surface area contributed by atoms with Crippen molar-refractivity contribution in [3.63, 3.8) is 0 Å². The number of rotatable bonds is 6. The maximum atomic E-state index is 12.2. The summed E-state index contributed by atoms with van der Waals surface area (Å²) in [6, 6.07) is 4.92. The molecule has 26 heavy (non-hydrogen) atoms. The van der Waals surface area contributed by atoms with Crippen LogP contribution >= 0.6 is 23.1 Å². The molecule has 11 heteroatoms. The molecule has 0 radical (unpaired) electrons. The standard InChI is InChI=1S/C15H13ClN6O3S/c1-2-10-14(26-21-20-10)15(24)25-6-13(23)19-11-5-9(16)3-4-12(11)22-8-17-7-18-22/h3-5,7-8H,2,6H2,1H3,(H,19,23). The molecular formula is C15H13ClN6O3S. The maximum Gasteiger partial charge on any atom is 0.352 e. The summed E-state index contributed by atoms with van der Waals surface area (Å²) < 4.78 is 10.2. The molecule has 0 aliphatic carbocycles.